The third kappa shape index (κ3) is 1.89. The average Bonchev–Trinajstić information content (AvgIpc) is 2.74. The van der Waals surface area contributed by atoms with Gasteiger partial charge in [-0.1, -0.05) is 11.6 Å². The van der Waals surface area contributed by atoms with E-state index in [-0.39, 0.29) is 11.9 Å². The highest BCUT2D eigenvalue weighted by Crippen LogP contribution is 2.32. The summed E-state index contributed by atoms with van der Waals surface area (Å²) in [7, 11) is 0. The molecule has 2 aliphatic heterocycles. The average molecular weight is 251 g/mol. The number of nitrogens with one attached hydrogen (secondary N) is 1. The molecule has 0 saturated carbocycles. The molecule has 0 unspecified atom stereocenters. The maximum absolute atomic E-state index is 11.8. The van der Waals surface area contributed by atoms with E-state index < -0.39 is 0 Å². The monoisotopic (exact) mass is 250 g/mol. The van der Waals surface area contributed by atoms with Crippen LogP contribution in [0.3, 0.4) is 0 Å². The fourth-order valence-corrected chi connectivity index (χ4v) is 2.99. The molecule has 1 N–H and O–H groups in total. The Morgan fingerprint density at radius 2 is 2.29 bits per heavy atom. The van der Waals surface area contributed by atoms with Crippen LogP contribution in [0.4, 0.5) is 5.69 Å². The molecule has 90 valence electrons. The van der Waals surface area contributed by atoms with E-state index in [0.29, 0.717) is 0 Å². The van der Waals surface area contributed by atoms with Crippen LogP contribution in [-0.4, -0.2) is 25.0 Å². The summed E-state index contributed by atoms with van der Waals surface area (Å²) >= 11 is 6.01. The third-order valence-corrected chi connectivity index (χ3v) is 3.83. The van der Waals surface area contributed by atoms with Gasteiger partial charge in [-0.05, 0) is 43.0 Å². The number of anilines is 1. The summed E-state index contributed by atoms with van der Waals surface area (Å²) in [6, 6.07) is 5.99. The summed E-state index contributed by atoms with van der Waals surface area (Å²) in [6.07, 6.45) is 3.05. The van der Waals surface area contributed by atoms with Gasteiger partial charge in [0, 0.05) is 23.8 Å². The molecule has 1 saturated heterocycles. The van der Waals surface area contributed by atoms with E-state index in [4.69, 9.17) is 11.6 Å². The summed E-state index contributed by atoms with van der Waals surface area (Å²) in [5.41, 5.74) is 2.45. The lowest BCUT2D eigenvalue weighted by atomic mass is 9.99. The number of hydrogen-bond donors (Lipinski definition) is 1. The van der Waals surface area contributed by atoms with Gasteiger partial charge in [-0.15, -0.1) is 0 Å². The summed E-state index contributed by atoms with van der Waals surface area (Å²) in [5, 5.41) is 3.68. The first kappa shape index (κ1) is 10.9. The zero-order valence-electron chi connectivity index (χ0n) is 9.58. The summed E-state index contributed by atoms with van der Waals surface area (Å²) in [4.78, 5) is 14.0. The number of carbonyl (C=O) groups is 1. The number of rotatable bonds is 1. The largest absolute Gasteiger partial charge is 0.359 e. The van der Waals surface area contributed by atoms with Crippen molar-refractivity contribution in [2.24, 2.45) is 0 Å². The first-order valence-electron chi connectivity index (χ1n) is 6.08. The van der Waals surface area contributed by atoms with Crippen molar-refractivity contribution in [3.63, 3.8) is 0 Å². The second-order valence-electron chi connectivity index (χ2n) is 4.67. The van der Waals surface area contributed by atoms with Crippen molar-refractivity contribution < 1.29 is 4.79 Å². The minimum Gasteiger partial charge on any atom is -0.359 e. The highest BCUT2D eigenvalue weighted by atomic mass is 35.5. The molecule has 0 radical (unpaired) electrons. The van der Waals surface area contributed by atoms with E-state index in [1.165, 1.54) is 11.3 Å². The molecule has 1 aromatic rings. The smallest absolute Gasteiger partial charge is 0.242 e. The Kier molecular flexibility index (Phi) is 2.71. The topological polar surface area (TPSA) is 32.3 Å². The van der Waals surface area contributed by atoms with Gasteiger partial charge in [-0.2, -0.15) is 0 Å². The standard InChI is InChI=1S/C13H15ClN2O/c14-10-3-4-11-9(8-10)2-1-7-16(11)12-5-6-15-13(12)17/h3-4,8,12H,1-2,5-7H2,(H,15,17)/t12-/m1/s1. The Morgan fingerprint density at radius 1 is 1.41 bits per heavy atom. The highest BCUT2D eigenvalue weighted by Gasteiger charge is 2.32. The first-order chi connectivity index (χ1) is 8.25. The number of aryl methyl sites for hydroxylation is 1. The Morgan fingerprint density at radius 3 is 3.06 bits per heavy atom. The van der Waals surface area contributed by atoms with E-state index in [2.05, 4.69) is 10.2 Å². The molecule has 1 fully saturated rings. The molecule has 17 heavy (non-hydrogen) atoms. The van der Waals surface area contributed by atoms with E-state index in [9.17, 15) is 4.79 Å². The van der Waals surface area contributed by atoms with Crippen molar-refractivity contribution >= 4 is 23.2 Å². The normalized spacial score (nSPS) is 23.5. The lowest BCUT2D eigenvalue weighted by Crippen LogP contribution is -2.43. The zero-order valence-corrected chi connectivity index (χ0v) is 10.3. The van der Waals surface area contributed by atoms with Crippen LogP contribution in [0.2, 0.25) is 5.02 Å². The van der Waals surface area contributed by atoms with Gasteiger partial charge in [-0.3, -0.25) is 4.79 Å². The van der Waals surface area contributed by atoms with Crippen molar-refractivity contribution in [1.29, 1.82) is 0 Å². The van der Waals surface area contributed by atoms with Gasteiger partial charge < -0.3 is 10.2 Å². The number of halogens is 1. The number of hydrogen-bond acceptors (Lipinski definition) is 2. The van der Waals surface area contributed by atoms with Gasteiger partial charge in [0.15, 0.2) is 0 Å². The van der Waals surface area contributed by atoms with E-state index in [0.717, 1.165) is 37.4 Å². The fraction of sp³-hybridized carbons (Fsp3) is 0.462. The van der Waals surface area contributed by atoms with Crippen LogP contribution >= 0.6 is 11.6 Å². The van der Waals surface area contributed by atoms with Crippen molar-refractivity contribution in [1.82, 2.24) is 5.32 Å². The molecule has 3 nitrogen and oxygen atoms in total. The third-order valence-electron chi connectivity index (χ3n) is 3.59. The number of carbonyl (C=O) groups excluding carboxylic acids is 1. The molecule has 2 heterocycles. The molecule has 1 atom stereocenters. The van der Waals surface area contributed by atoms with Gasteiger partial charge in [0.25, 0.3) is 0 Å². The lowest BCUT2D eigenvalue weighted by Gasteiger charge is -2.34. The Bertz CT molecular complexity index is 461. The maximum Gasteiger partial charge on any atom is 0.242 e. The van der Waals surface area contributed by atoms with Crippen molar-refractivity contribution in [3.8, 4) is 0 Å². The molecule has 0 bridgehead atoms. The Balaban J connectivity index is 1.96. The zero-order chi connectivity index (χ0) is 11.8. The molecule has 0 aromatic heterocycles. The Labute approximate surface area is 106 Å². The molecule has 1 aromatic carbocycles. The van der Waals surface area contributed by atoms with Crippen LogP contribution in [0.5, 0.6) is 0 Å². The summed E-state index contributed by atoms with van der Waals surface area (Å²) < 4.78 is 0. The van der Waals surface area contributed by atoms with Crippen LogP contribution in [0.1, 0.15) is 18.4 Å². The number of nitrogens with zero attached hydrogens (tertiary/aromatic N) is 1. The van der Waals surface area contributed by atoms with Crippen LogP contribution in [-0.2, 0) is 11.2 Å². The minimum absolute atomic E-state index is 0.00947. The van der Waals surface area contributed by atoms with Gasteiger partial charge in [0.05, 0.1) is 0 Å². The van der Waals surface area contributed by atoms with Gasteiger partial charge in [0.1, 0.15) is 6.04 Å². The minimum atomic E-state index is 0.00947. The molecule has 1 amide bonds. The fourth-order valence-electron chi connectivity index (χ4n) is 2.80. The number of fused-ring (bicyclic) bond motifs is 1. The molecular formula is C13H15ClN2O. The predicted octanol–water partition coefficient (Wildman–Crippen LogP) is 1.98. The summed E-state index contributed by atoms with van der Waals surface area (Å²) in [5.74, 6) is 0.160. The molecule has 0 spiro atoms. The van der Waals surface area contributed by atoms with Crippen LogP contribution in [0, 0.1) is 0 Å². The van der Waals surface area contributed by atoms with Gasteiger partial charge >= 0.3 is 0 Å². The highest BCUT2D eigenvalue weighted by molar-refractivity contribution is 6.30. The predicted molar refractivity (Wildman–Crippen MR) is 68.5 cm³/mol. The molecule has 3 rings (SSSR count). The molecule has 4 heteroatoms. The second-order valence-corrected chi connectivity index (χ2v) is 5.10. The molecule has 0 aliphatic carbocycles. The van der Waals surface area contributed by atoms with Crippen molar-refractivity contribution in [2.75, 3.05) is 18.0 Å². The van der Waals surface area contributed by atoms with Gasteiger partial charge in [0.2, 0.25) is 5.91 Å². The molecule has 2 aliphatic rings. The van der Waals surface area contributed by atoms with E-state index in [1.807, 2.05) is 18.2 Å². The van der Waals surface area contributed by atoms with Crippen molar-refractivity contribution in [3.05, 3.63) is 28.8 Å². The van der Waals surface area contributed by atoms with Gasteiger partial charge in [-0.25, -0.2) is 0 Å². The maximum atomic E-state index is 11.8. The lowest BCUT2D eigenvalue weighted by molar-refractivity contribution is -0.120. The quantitative estimate of drug-likeness (QED) is 0.827. The van der Waals surface area contributed by atoms with Crippen LogP contribution in [0.25, 0.3) is 0 Å². The van der Waals surface area contributed by atoms with Crippen LogP contribution in [0.15, 0.2) is 18.2 Å². The first-order valence-corrected chi connectivity index (χ1v) is 6.46. The Hall–Kier alpha value is -1.22. The SMILES string of the molecule is O=C1NCC[C@H]1N1CCCc2cc(Cl)ccc21. The van der Waals surface area contributed by atoms with Crippen LogP contribution < -0.4 is 10.2 Å². The number of benzene rings is 1. The second kappa shape index (κ2) is 4.22. The van der Waals surface area contributed by atoms with E-state index >= 15 is 0 Å². The molecular weight excluding hydrogens is 236 g/mol. The summed E-state index contributed by atoms with van der Waals surface area (Å²) in [6.45, 7) is 1.76. The number of amides is 1. The van der Waals surface area contributed by atoms with Crippen molar-refractivity contribution in [2.45, 2.75) is 25.3 Å². The van der Waals surface area contributed by atoms with E-state index in [1.54, 1.807) is 0 Å².